The van der Waals surface area contributed by atoms with Gasteiger partial charge in [-0.1, -0.05) is 41.4 Å². The number of nitrogens with one attached hydrogen (secondary N) is 2. The van der Waals surface area contributed by atoms with Gasteiger partial charge in [0.05, 0.1) is 23.1 Å². The van der Waals surface area contributed by atoms with Crippen molar-refractivity contribution in [3.05, 3.63) is 58.1 Å². The van der Waals surface area contributed by atoms with Crippen LogP contribution in [-0.2, 0) is 21.4 Å². The topological polar surface area (TPSA) is 84.5 Å². The van der Waals surface area contributed by atoms with Crippen molar-refractivity contribution >= 4 is 39.1 Å². The third kappa shape index (κ3) is 5.11. The minimum atomic E-state index is -3.92. The maximum Gasteiger partial charge on any atom is 0.241 e. The van der Waals surface area contributed by atoms with Gasteiger partial charge in [-0.2, -0.15) is 4.72 Å². The number of carbonyl (C=O) groups is 1. The number of benzene rings is 2. The Balaban J connectivity index is 2.03. The van der Waals surface area contributed by atoms with Gasteiger partial charge >= 0.3 is 0 Å². The van der Waals surface area contributed by atoms with Crippen molar-refractivity contribution in [2.75, 3.05) is 7.11 Å². The maximum atomic E-state index is 12.4. The van der Waals surface area contributed by atoms with Crippen LogP contribution in [0.15, 0.2) is 47.4 Å². The lowest BCUT2D eigenvalue weighted by atomic mass is 10.2. The van der Waals surface area contributed by atoms with E-state index < -0.39 is 22.0 Å². The predicted molar refractivity (Wildman–Crippen MR) is 101 cm³/mol. The van der Waals surface area contributed by atoms with E-state index in [1.165, 1.54) is 32.2 Å². The average Bonchev–Trinajstić information content (AvgIpc) is 2.60. The molecule has 26 heavy (non-hydrogen) atoms. The second kappa shape index (κ2) is 8.73. The highest BCUT2D eigenvalue weighted by atomic mass is 35.5. The van der Waals surface area contributed by atoms with Gasteiger partial charge in [0.15, 0.2) is 0 Å². The third-order valence-electron chi connectivity index (χ3n) is 3.57. The molecule has 0 saturated carbocycles. The molecule has 0 radical (unpaired) electrons. The normalized spacial score (nSPS) is 12.5. The van der Waals surface area contributed by atoms with E-state index in [2.05, 4.69) is 10.0 Å². The summed E-state index contributed by atoms with van der Waals surface area (Å²) in [6.45, 7) is 1.64. The zero-order valence-electron chi connectivity index (χ0n) is 14.1. The van der Waals surface area contributed by atoms with E-state index in [9.17, 15) is 13.2 Å². The summed E-state index contributed by atoms with van der Waals surface area (Å²) >= 11 is 12.0. The summed E-state index contributed by atoms with van der Waals surface area (Å²) in [5, 5.41) is 3.33. The van der Waals surface area contributed by atoms with Crippen molar-refractivity contribution in [1.29, 1.82) is 0 Å². The van der Waals surface area contributed by atoms with Gasteiger partial charge in [-0.3, -0.25) is 4.79 Å². The van der Waals surface area contributed by atoms with Crippen LogP contribution in [0, 0.1) is 0 Å². The fraction of sp³-hybridized carbons (Fsp3) is 0.235. The molecule has 0 aliphatic heterocycles. The minimum absolute atomic E-state index is 0.0611. The number of ether oxygens (including phenoxy) is 1. The van der Waals surface area contributed by atoms with Crippen molar-refractivity contribution in [3.63, 3.8) is 0 Å². The predicted octanol–water partition coefficient (Wildman–Crippen LogP) is 2.99. The molecule has 0 saturated heterocycles. The highest BCUT2D eigenvalue weighted by Crippen LogP contribution is 2.26. The molecule has 0 aliphatic rings. The summed E-state index contributed by atoms with van der Waals surface area (Å²) in [7, 11) is -2.49. The van der Waals surface area contributed by atoms with E-state index in [1.807, 2.05) is 0 Å². The van der Waals surface area contributed by atoms with Crippen molar-refractivity contribution in [2.45, 2.75) is 24.4 Å². The molecule has 0 aromatic heterocycles. The van der Waals surface area contributed by atoms with E-state index in [0.29, 0.717) is 10.8 Å². The van der Waals surface area contributed by atoms with E-state index in [0.717, 1.165) is 5.56 Å². The van der Waals surface area contributed by atoms with Crippen molar-refractivity contribution < 1.29 is 17.9 Å². The first-order valence-corrected chi connectivity index (χ1v) is 9.85. The Kier molecular flexibility index (Phi) is 6.88. The van der Waals surface area contributed by atoms with Crippen LogP contribution >= 0.6 is 23.2 Å². The lowest BCUT2D eigenvalue weighted by molar-refractivity contribution is -0.122. The Labute approximate surface area is 162 Å². The van der Waals surface area contributed by atoms with Crippen LogP contribution in [0.2, 0.25) is 10.0 Å². The van der Waals surface area contributed by atoms with Gasteiger partial charge < -0.3 is 10.1 Å². The van der Waals surface area contributed by atoms with Gasteiger partial charge in [-0.15, -0.1) is 0 Å². The Morgan fingerprint density at radius 1 is 1.15 bits per heavy atom. The van der Waals surface area contributed by atoms with Crippen LogP contribution < -0.4 is 14.8 Å². The van der Waals surface area contributed by atoms with E-state index in [1.54, 1.807) is 24.3 Å². The van der Waals surface area contributed by atoms with Crippen LogP contribution in [0.5, 0.6) is 5.75 Å². The molecule has 6 nitrogen and oxygen atoms in total. The average molecular weight is 417 g/mol. The smallest absolute Gasteiger partial charge is 0.241 e. The molecule has 0 heterocycles. The van der Waals surface area contributed by atoms with Gasteiger partial charge in [0.1, 0.15) is 5.75 Å². The summed E-state index contributed by atoms with van der Waals surface area (Å²) in [5.41, 5.74) is 0.736. The number of amides is 1. The second-order valence-corrected chi connectivity index (χ2v) is 7.98. The summed E-state index contributed by atoms with van der Waals surface area (Å²) < 4.78 is 32.1. The molecule has 0 fully saturated rings. The highest BCUT2D eigenvalue weighted by Gasteiger charge is 2.23. The molecular formula is C17H18Cl2N2O4S. The number of rotatable bonds is 7. The fourth-order valence-corrected chi connectivity index (χ4v) is 3.90. The zero-order chi connectivity index (χ0) is 19.3. The maximum absolute atomic E-state index is 12.4. The van der Waals surface area contributed by atoms with Crippen molar-refractivity contribution in [1.82, 2.24) is 10.0 Å². The molecule has 2 aromatic carbocycles. The Bertz CT molecular complexity index is 903. The molecule has 0 spiro atoms. The van der Waals surface area contributed by atoms with Crippen LogP contribution in [-0.4, -0.2) is 27.5 Å². The molecule has 2 rings (SSSR count). The Hall–Kier alpha value is -1.80. The number of halogens is 2. The van der Waals surface area contributed by atoms with Crippen LogP contribution in [0.1, 0.15) is 12.5 Å². The fourth-order valence-electron chi connectivity index (χ4n) is 2.15. The number of hydrogen-bond acceptors (Lipinski definition) is 4. The van der Waals surface area contributed by atoms with Crippen LogP contribution in [0.25, 0.3) is 0 Å². The molecule has 9 heteroatoms. The first-order chi connectivity index (χ1) is 12.2. The third-order valence-corrected chi connectivity index (χ3v) is 5.77. The first-order valence-electron chi connectivity index (χ1n) is 7.61. The zero-order valence-corrected chi connectivity index (χ0v) is 16.5. The summed E-state index contributed by atoms with van der Waals surface area (Å²) in [4.78, 5) is 12.1. The molecule has 140 valence electrons. The van der Waals surface area contributed by atoms with Gasteiger partial charge in [-0.05, 0) is 36.8 Å². The minimum Gasteiger partial charge on any atom is -0.495 e. The van der Waals surface area contributed by atoms with Gasteiger partial charge in [0.2, 0.25) is 15.9 Å². The summed E-state index contributed by atoms with van der Waals surface area (Å²) in [5.74, 6) is -0.121. The Morgan fingerprint density at radius 2 is 1.85 bits per heavy atom. The summed E-state index contributed by atoms with van der Waals surface area (Å²) in [6, 6.07) is 10.1. The summed E-state index contributed by atoms with van der Waals surface area (Å²) in [6.07, 6.45) is 0. The van der Waals surface area contributed by atoms with Gasteiger partial charge in [-0.25, -0.2) is 8.42 Å². The quantitative estimate of drug-likeness (QED) is 0.726. The van der Waals surface area contributed by atoms with E-state index >= 15 is 0 Å². The molecule has 2 aromatic rings. The SMILES string of the molecule is COc1ccc(S(=O)(=O)N[C@H](C)C(=O)NCc2ccccc2Cl)cc1Cl. The molecule has 0 bridgehead atoms. The molecule has 1 amide bonds. The molecule has 1 atom stereocenters. The lowest BCUT2D eigenvalue weighted by Crippen LogP contribution is -2.44. The lowest BCUT2D eigenvalue weighted by Gasteiger charge is -2.15. The number of carbonyl (C=O) groups excluding carboxylic acids is 1. The van der Waals surface area contributed by atoms with Crippen LogP contribution in [0.3, 0.4) is 0 Å². The van der Waals surface area contributed by atoms with Crippen molar-refractivity contribution in [3.8, 4) is 5.75 Å². The second-order valence-electron chi connectivity index (χ2n) is 5.45. The van der Waals surface area contributed by atoms with Gasteiger partial charge in [0.25, 0.3) is 0 Å². The molecule has 2 N–H and O–H groups in total. The molecule has 0 aliphatic carbocycles. The Morgan fingerprint density at radius 3 is 2.46 bits per heavy atom. The number of hydrogen-bond donors (Lipinski definition) is 2. The number of sulfonamides is 1. The first kappa shape index (κ1) is 20.5. The monoisotopic (exact) mass is 416 g/mol. The largest absolute Gasteiger partial charge is 0.495 e. The highest BCUT2D eigenvalue weighted by molar-refractivity contribution is 7.89. The van der Waals surface area contributed by atoms with E-state index in [4.69, 9.17) is 27.9 Å². The van der Waals surface area contributed by atoms with Gasteiger partial charge in [0, 0.05) is 11.6 Å². The van der Waals surface area contributed by atoms with Crippen molar-refractivity contribution in [2.24, 2.45) is 0 Å². The molecular weight excluding hydrogens is 399 g/mol. The van der Waals surface area contributed by atoms with E-state index in [-0.39, 0.29) is 16.5 Å². The standard InChI is InChI=1S/C17H18Cl2N2O4S/c1-11(17(22)20-10-12-5-3-4-6-14(12)18)21-26(23,24)13-7-8-16(25-2)15(19)9-13/h3-9,11,21H,10H2,1-2H3,(H,20,22)/t11-/m1/s1. The number of methoxy groups -OCH3 is 1. The molecule has 0 unspecified atom stereocenters. The van der Waals surface area contributed by atoms with Crippen LogP contribution in [0.4, 0.5) is 0 Å².